The van der Waals surface area contributed by atoms with Gasteiger partial charge < -0.3 is 64.0 Å². The van der Waals surface area contributed by atoms with E-state index in [-0.39, 0.29) is 121 Å². The van der Waals surface area contributed by atoms with Crippen molar-refractivity contribution in [3.63, 3.8) is 0 Å². The van der Waals surface area contributed by atoms with Crippen molar-refractivity contribution in [3.8, 4) is 0 Å². The van der Waals surface area contributed by atoms with Crippen molar-refractivity contribution in [2.45, 2.75) is 69.7 Å². The van der Waals surface area contributed by atoms with Gasteiger partial charge in [0.05, 0.1) is 34.0 Å². The second-order valence-electron chi connectivity index (χ2n) is 14.8. The lowest BCUT2D eigenvalue weighted by Gasteiger charge is -2.39. The molecular weight excluding hydrogens is 830 g/mol. The maximum atomic E-state index is 15.0. The number of nitrogens with zero attached hydrogens (tertiary/aromatic N) is 4. The van der Waals surface area contributed by atoms with E-state index in [1.165, 1.54) is 39.9 Å². The molecule has 0 aliphatic carbocycles. The number of para-hydroxylation sites is 1. The van der Waals surface area contributed by atoms with Gasteiger partial charge in [-0.05, 0) is 38.8 Å². The van der Waals surface area contributed by atoms with Crippen LogP contribution >= 0.6 is 0 Å². The van der Waals surface area contributed by atoms with Crippen LogP contribution in [0.4, 0.5) is 15.3 Å². The number of ether oxygens (including phenoxy) is 6. The summed E-state index contributed by atoms with van der Waals surface area (Å²) < 4.78 is 31.4. The van der Waals surface area contributed by atoms with Crippen LogP contribution in [-0.4, -0.2) is 178 Å². The molecule has 3 N–H and O–H groups in total. The molecule has 0 spiro atoms. The van der Waals surface area contributed by atoms with Crippen LogP contribution in [0.5, 0.6) is 0 Å². The highest BCUT2D eigenvalue weighted by Gasteiger charge is 2.50. The van der Waals surface area contributed by atoms with E-state index < -0.39 is 77.5 Å². The molecule has 6 amide bonds. The number of methoxy groups -OCH3 is 2. The lowest BCUT2D eigenvalue weighted by molar-refractivity contribution is -0.164. The quantitative estimate of drug-likeness (QED) is 0.146. The van der Waals surface area contributed by atoms with E-state index in [9.17, 15) is 38.4 Å². The maximum Gasteiger partial charge on any atom is 0.409 e. The Labute approximate surface area is 363 Å². The molecule has 0 saturated carbocycles. The summed E-state index contributed by atoms with van der Waals surface area (Å²) in [5.41, 5.74) is -2.24. The molecule has 5 rings (SSSR count). The Bertz CT molecular complexity index is 1930. The topological polar surface area (TPSA) is 258 Å². The molecule has 3 saturated heterocycles. The molecule has 63 heavy (non-hydrogen) atoms. The molecule has 4 atom stereocenters. The highest BCUT2D eigenvalue weighted by atomic mass is 16.6. The number of carbonyl (C=O) groups is 9. The van der Waals surface area contributed by atoms with Gasteiger partial charge in [-0.3, -0.25) is 28.8 Å². The van der Waals surface area contributed by atoms with Gasteiger partial charge in [0.2, 0.25) is 11.8 Å². The molecule has 4 heterocycles. The fraction of sp³-hybridized carbons (Fsp3) is 0.585. The molecule has 4 aliphatic heterocycles. The predicted molar refractivity (Wildman–Crippen MR) is 217 cm³/mol. The third-order valence-electron chi connectivity index (χ3n) is 10.9. The average molecular weight is 886 g/mol. The first-order chi connectivity index (χ1) is 30.2. The standard InChI is InChI=1S/C41H55N7O15/c1-5-60-39(56)47-20-16-45(17-21-47)35(52)28(11-13-32(49)58-3)43-34(51)30-25-41(63-31-15-24-62-37(31)54,26-9-7-8-10-27(26)42-30)38(55)44-29(12-14-33(50)59-4)36(53)46-18-22-48(23-19-46)40(57)61-6-2/h7-10,25,28-29,31,42H,5-6,11-24H2,1-4H3,(H,43,51)(H,44,55). The van der Waals surface area contributed by atoms with E-state index in [2.05, 4.69) is 16.0 Å². The summed E-state index contributed by atoms with van der Waals surface area (Å²) in [6, 6.07) is 3.66. The molecule has 4 unspecified atom stereocenters. The van der Waals surface area contributed by atoms with E-state index in [4.69, 9.17) is 28.4 Å². The van der Waals surface area contributed by atoms with Gasteiger partial charge in [0, 0.05) is 82.9 Å². The molecular formula is C41H55N7O15. The lowest BCUT2D eigenvalue weighted by Crippen LogP contribution is -2.59. The second kappa shape index (κ2) is 22.1. The van der Waals surface area contributed by atoms with Gasteiger partial charge in [-0.25, -0.2) is 14.4 Å². The summed E-state index contributed by atoms with van der Waals surface area (Å²) in [6.07, 6.45) is -2.08. The fourth-order valence-electron chi connectivity index (χ4n) is 7.48. The number of fused-ring (bicyclic) bond motifs is 1. The summed E-state index contributed by atoms with van der Waals surface area (Å²) in [4.78, 5) is 126. The highest BCUT2D eigenvalue weighted by molar-refractivity contribution is 6.04. The molecule has 22 nitrogen and oxygen atoms in total. The Morgan fingerprint density at radius 1 is 0.746 bits per heavy atom. The zero-order chi connectivity index (χ0) is 45.7. The average Bonchev–Trinajstić information content (AvgIpc) is 3.71. The molecule has 22 heteroatoms. The van der Waals surface area contributed by atoms with Crippen molar-refractivity contribution in [1.29, 1.82) is 0 Å². The smallest absolute Gasteiger partial charge is 0.409 e. The highest BCUT2D eigenvalue weighted by Crippen LogP contribution is 2.41. The summed E-state index contributed by atoms with van der Waals surface area (Å²) in [5, 5.41) is 8.41. The molecule has 0 bridgehead atoms. The maximum absolute atomic E-state index is 15.0. The molecule has 1 aromatic carbocycles. The molecule has 0 aromatic heterocycles. The predicted octanol–water partition coefficient (Wildman–Crippen LogP) is 0.000800. The van der Waals surface area contributed by atoms with Gasteiger partial charge in [-0.2, -0.15) is 0 Å². The van der Waals surface area contributed by atoms with Crippen molar-refractivity contribution in [1.82, 2.24) is 30.2 Å². The molecule has 0 radical (unpaired) electrons. The van der Waals surface area contributed by atoms with E-state index >= 15 is 4.79 Å². The first-order valence-corrected chi connectivity index (χ1v) is 20.8. The third kappa shape index (κ3) is 11.7. The Balaban J connectivity index is 1.47. The Morgan fingerprint density at radius 2 is 1.24 bits per heavy atom. The van der Waals surface area contributed by atoms with Gasteiger partial charge >= 0.3 is 30.1 Å². The summed E-state index contributed by atoms with van der Waals surface area (Å²) >= 11 is 0. The number of amides is 6. The number of esters is 3. The van der Waals surface area contributed by atoms with Gasteiger partial charge in [-0.15, -0.1) is 0 Å². The van der Waals surface area contributed by atoms with Crippen LogP contribution in [0.1, 0.15) is 51.5 Å². The number of carbonyl (C=O) groups excluding carboxylic acids is 9. The monoisotopic (exact) mass is 885 g/mol. The minimum atomic E-state index is -2.30. The number of nitrogens with one attached hydrogen (secondary N) is 3. The largest absolute Gasteiger partial charge is 0.469 e. The van der Waals surface area contributed by atoms with E-state index in [1.54, 1.807) is 32.0 Å². The molecule has 3 fully saturated rings. The Hall–Kier alpha value is -6.45. The lowest BCUT2D eigenvalue weighted by atomic mass is 9.86. The van der Waals surface area contributed by atoms with Crippen molar-refractivity contribution in [2.75, 3.05) is 91.7 Å². The van der Waals surface area contributed by atoms with Crippen molar-refractivity contribution < 1.29 is 71.6 Å². The second-order valence-corrected chi connectivity index (χ2v) is 14.8. The van der Waals surface area contributed by atoms with Crippen LogP contribution < -0.4 is 16.0 Å². The van der Waals surface area contributed by atoms with Gasteiger partial charge in [0.1, 0.15) is 17.8 Å². The molecule has 344 valence electrons. The van der Waals surface area contributed by atoms with Crippen LogP contribution in [0.2, 0.25) is 0 Å². The summed E-state index contributed by atoms with van der Waals surface area (Å²) in [6.45, 7) is 4.71. The molecule has 1 aromatic rings. The summed E-state index contributed by atoms with van der Waals surface area (Å²) in [7, 11) is 2.37. The Kier molecular flexibility index (Phi) is 16.7. The summed E-state index contributed by atoms with van der Waals surface area (Å²) in [5.74, 6) is -5.06. The molecule has 4 aliphatic rings. The van der Waals surface area contributed by atoms with Gasteiger partial charge in [-0.1, -0.05) is 18.2 Å². The van der Waals surface area contributed by atoms with Gasteiger partial charge in [0.15, 0.2) is 11.7 Å². The van der Waals surface area contributed by atoms with Crippen LogP contribution in [0.3, 0.4) is 0 Å². The fourth-order valence-corrected chi connectivity index (χ4v) is 7.48. The number of cyclic esters (lactones) is 1. The number of piperazine rings is 2. The number of hydrogen-bond donors (Lipinski definition) is 3. The van der Waals surface area contributed by atoms with Crippen LogP contribution in [0.15, 0.2) is 36.0 Å². The number of anilines is 1. The van der Waals surface area contributed by atoms with Crippen molar-refractivity contribution in [3.05, 3.63) is 41.6 Å². The Morgan fingerprint density at radius 3 is 1.71 bits per heavy atom. The third-order valence-corrected chi connectivity index (χ3v) is 10.9. The minimum absolute atomic E-state index is 0.0196. The van der Waals surface area contributed by atoms with Crippen LogP contribution in [0.25, 0.3) is 0 Å². The van der Waals surface area contributed by atoms with Gasteiger partial charge in [0.25, 0.3) is 11.8 Å². The van der Waals surface area contributed by atoms with E-state index in [0.29, 0.717) is 0 Å². The SMILES string of the molecule is CCOC(=O)N1CCN(C(=O)C(CCC(=O)OC)NC(=O)C2=CC(OC3CCOC3=O)(C(=O)NC(CCC(=O)OC)C(=O)N3CCN(C(=O)OCC)CC3)c3ccccc3N2)CC1. The zero-order valence-electron chi connectivity index (χ0n) is 35.8. The number of benzene rings is 1. The first-order valence-electron chi connectivity index (χ1n) is 20.8. The van der Waals surface area contributed by atoms with Crippen LogP contribution in [-0.2, 0) is 67.6 Å². The van der Waals surface area contributed by atoms with E-state index in [0.717, 1.165) is 6.08 Å². The minimum Gasteiger partial charge on any atom is -0.469 e. The van der Waals surface area contributed by atoms with Crippen molar-refractivity contribution in [2.24, 2.45) is 0 Å². The normalized spacial score (nSPS) is 20.4. The number of hydrogen-bond acceptors (Lipinski definition) is 16. The zero-order valence-corrected chi connectivity index (χ0v) is 35.8. The van der Waals surface area contributed by atoms with Crippen molar-refractivity contribution >= 4 is 59.4 Å². The van der Waals surface area contributed by atoms with Crippen LogP contribution in [0, 0.1) is 0 Å². The number of rotatable bonds is 16. The van der Waals surface area contributed by atoms with E-state index in [1.807, 2.05) is 0 Å². The first kappa shape index (κ1) is 47.6.